The van der Waals surface area contributed by atoms with Crippen LogP contribution in [0.3, 0.4) is 0 Å². The zero-order valence-electron chi connectivity index (χ0n) is 9.70. The Kier molecular flexibility index (Phi) is 4.69. The zero-order chi connectivity index (χ0) is 12.3. The molecule has 2 nitrogen and oxygen atoms in total. The lowest BCUT2D eigenvalue weighted by Crippen LogP contribution is -2.34. The van der Waals surface area contributed by atoms with Gasteiger partial charge in [0.25, 0.3) is 0 Å². The summed E-state index contributed by atoms with van der Waals surface area (Å²) in [5, 5.41) is 10.6. The Balaban J connectivity index is 1.95. The smallest absolute Gasteiger partial charge is 0.0460 e. The largest absolute Gasteiger partial charge is 0.396 e. The van der Waals surface area contributed by atoms with Crippen molar-refractivity contribution in [2.75, 3.05) is 19.7 Å². The van der Waals surface area contributed by atoms with Gasteiger partial charge < -0.3 is 5.11 Å². The highest BCUT2D eigenvalue weighted by Crippen LogP contribution is 2.24. The third-order valence-corrected chi connectivity index (χ3v) is 3.97. The molecular weight excluding hydrogens is 257 g/mol. The van der Waals surface area contributed by atoms with Gasteiger partial charge in [-0.1, -0.05) is 23.2 Å². The summed E-state index contributed by atoms with van der Waals surface area (Å²) < 4.78 is 0. The Bertz CT molecular complexity index is 376. The van der Waals surface area contributed by atoms with Crippen LogP contribution >= 0.6 is 23.2 Å². The molecule has 4 heteroatoms. The fraction of sp³-hybridized carbons (Fsp3) is 0.538. The number of hydrogen-bond acceptors (Lipinski definition) is 2. The Morgan fingerprint density at radius 3 is 2.59 bits per heavy atom. The molecule has 1 N–H and O–H groups in total. The van der Waals surface area contributed by atoms with Gasteiger partial charge in [0.15, 0.2) is 0 Å². The molecule has 0 bridgehead atoms. The van der Waals surface area contributed by atoms with Crippen molar-refractivity contribution in [3.8, 4) is 0 Å². The Labute approximate surface area is 112 Å². The maximum atomic E-state index is 9.09. The monoisotopic (exact) mass is 273 g/mol. The Morgan fingerprint density at radius 1 is 1.24 bits per heavy atom. The molecular formula is C13H17Cl2NO. The average Bonchev–Trinajstić information content (AvgIpc) is 2.35. The number of benzene rings is 1. The quantitative estimate of drug-likeness (QED) is 0.915. The molecule has 0 radical (unpaired) electrons. The number of aliphatic hydroxyl groups is 1. The Morgan fingerprint density at radius 2 is 1.94 bits per heavy atom. The molecule has 1 heterocycles. The first-order valence-corrected chi connectivity index (χ1v) is 6.72. The van der Waals surface area contributed by atoms with Gasteiger partial charge in [-0.2, -0.15) is 0 Å². The lowest BCUT2D eigenvalue weighted by atomic mass is 9.97. The van der Waals surface area contributed by atoms with Crippen LogP contribution in [-0.4, -0.2) is 29.7 Å². The van der Waals surface area contributed by atoms with E-state index in [-0.39, 0.29) is 0 Å². The van der Waals surface area contributed by atoms with Gasteiger partial charge in [0.1, 0.15) is 0 Å². The molecule has 94 valence electrons. The van der Waals surface area contributed by atoms with Crippen molar-refractivity contribution in [1.82, 2.24) is 4.90 Å². The second kappa shape index (κ2) is 6.05. The highest BCUT2D eigenvalue weighted by molar-refractivity contribution is 6.33. The van der Waals surface area contributed by atoms with Crippen molar-refractivity contribution in [2.45, 2.75) is 19.4 Å². The molecule has 17 heavy (non-hydrogen) atoms. The minimum atomic E-state index is 0.311. The predicted molar refractivity (Wildman–Crippen MR) is 71.5 cm³/mol. The molecule has 1 saturated heterocycles. The molecule has 0 amide bonds. The van der Waals surface area contributed by atoms with Gasteiger partial charge in [-0.3, -0.25) is 4.90 Å². The minimum absolute atomic E-state index is 0.311. The molecule has 0 saturated carbocycles. The normalized spacial score (nSPS) is 18.5. The summed E-state index contributed by atoms with van der Waals surface area (Å²) in [6.45, 7) is 3.20. The van der Waals surface area contributed by atoms with Crippen LogP contribution in [0.1, 0.15) is 18.4 Å². The highest BCUT2D eigenvalue weighted by atomic mass is 35.5. The van der Waals surface area contributed by atoms with Crippen LogP contribution in [0.5, 0.6) is 0 Å². The third kappa shape index (κ3) is 3.59. The Hall–Kier alpha value is -0.280. The van der Waals surface area contributed by atoms with Crippen LogP contribution in [0.4, 0.5) is 0 Å². The average molecular weight is 274 g/mol. The van der Waals surface area contributed by atoms with E-state index in [1.165, 1.54) is 0 Å². The first-order valence-electron chi connectivity index (χ1n) is 5.96. The van der Waals surface area contributed by atoms with E-state index in [1.807, 2.05) is 18.2 Å². The number of halogens is 2. The van der Waals surface area contributed by atoms with Crippen molar-refractivity contribution < 1.29 is 5.11 Å². The molecule has 0 atom stereocenters. The van der Waals surface area contributed by atoms with E-state index < -0.39 is 0 Å². The summed E-state index contributed by atoms with van der Waals surface area (Å²) in [5.41, 5.74) is 1.08. The van der Waals surface area contributed by atoms with Crippen LogP contribution in [0.25, 0.3) is 0 Å². The summed E-state index contributed by atoms with van der Waals surface area (Å²) in [7, 11) is 0. The van der Waals surface area contributed by atoms with Crippen LogP contribution in [-0.2, 0) is 6.54 Å². The molecule has 0 spiro atoms. The second-order valence-electron chi connectivity index (χ2n) is 4.64. The minimum Gasteiger partial charge on any atom is -0.396 e. The SMILES string of the molecule is OCC1CCN(Cc2cc(Cl)ccc2Cl)CC1. The zero-order valence-corrected chi connectivity index (χ0v) is 11.2. The number of rotatable bonds is 3. The highest BCUT2D eigenvalue weighted by Gasteiger charge is 2.19. The van der Waals surface area contributed by atoms with E-state index in [0.717, 1.165) is 48.1 Å². The molecule has 2 rings (SSSR count). The summed E-state index contributed by atoms with van der Waals surface area (Å²) in [6.07, 6.45) is 2.13. The van der Waals surface area contributed by atoms with Gasteiger partial charge in [0.2, 0.25) is 0 Å². The first-order chi connectivity index (χ1) is 8.19. The maximum Gasteiger partial charge on any atom is 0.0460 e. The lowest BCUT2D eigenvalue weighted by Gasteiger charge is -2.31. The topological polar surface area (TPSA) is 23.5 Å². The number of aliphatic hydroxyl groups excluding tert-OH is 1. The molecule has 1 aliphatic rings. The molecule has 0 unspecified atom stereocenters. The fourth-order valence-electron chi connectivity index (χ4n) is 2.23. The van der Waals surface area contributed by atoms with Gasteiger partial charge in [0, 0.05) is 23.2 Å². The van der Waals surface area contributed by atoms with E-state index in [4.69, 9.17) is 28.3 Å². The molecule has 1 fully saturated rings. The summed E-state index contributed by atoms with van der Waals surface area (Å²) in [6, 6.07) is 5.59. The van der Waals surface area contributed by atoms with E-state index >= 15 is 0 Å². The number of likely N-dealkylation sites (tertiary alicyclic amines) is 1. The molecule has 1 aromatic rings. The van der Waals surface area contributed by atoms with Gasteiger partial charge in [-0.05, 0) is 55.6 Å². The molecule has 1 aliphatic heterocycles. The molecule has 0 aliphatic carbocycles. The fourth-order valence-corrected chi connectivity index (χ4v) is 2.60. The van der Waals surface area contributed by atoms with E-state index in [2.05, 4.69) is 4.90 Å². The van der Waals surface area contributed by atoms with Crippen molar-refractivity contribution in [1.29, 1.82) is 0 Å². The first kappa shape index (κ1) is 13.2. The van der Waals surface area contributed by atoms with Crippen molar-refractivity contribution in [3.63, 3.8) is 0 Å². The van der Waals surface area contributed by atoms with Gasteiger partial charge in [-0.25, -0.2) is 0 Å². The maximum absolute atomic E-state index is 9.09. The van der Waals surface area contributed by atoms with E-state index in [0.29, 0.717) is 12.5 Å². The van der Waals surface area contributed by atoms with Crippen LogP contribution in [0.2, 0.25) is 10.0 Å². The molecule has 1 aromatic carbocycles. The van der Waals surface area contributed by atoms with Crippen molar-refractivity contribution in [3.05, 3.63) is 33.8 Å². The molecule has 0 aromatic heterocycles. The standard InChI is InChI=1S/C13H17Cl2NO/c14-12-1-2-13(15)11(7-12)8-16-5-3-10(9-17)4-6-16/h1-2,7,10,17H,3-6,8-9H2. The van der Waals surface area contributed by atoms with E-state index in [1.54, 1.807) is 0 Å². The number of piperidine rings is 1. The second-order valence-corrected chi connectivity index (χ2v) is 5.48. The van der Waals surface area contributed by atoms with Crippen LogP contribution in [0.15, 0.2) is 18.2 Å². The van der Waals surface area contributed by atoms with Gasteiger partial charge >= 0.3 is 0 Å². The lowest BCUT2D eigenvalue weighted by molar-refractivity contribution is 0.127. The van der Waals surface area contributed by atoms with Gasteiger partial charge in [-0.15, -0.1) is 0 Å². The third-order valence-electron chi connectivity index (χ3n) is 3.37. The summed E-state index contributed by atoms with van der Waals surface area (Å²) >= 11 is 12.1. The van der Waals surface area contributed by atoms with Crippen molar-refractivity contribution in [2.24, 2.45) is 5.92 Å². The van der Waals surface area contributed by atoms with Gasteiger partial charge in [0.05, 0.1) is 0 Å². The summed E-state index contributed by atoms with van der Waals surface area (Å²) in [5.74, 6) is 0.473. The van der Waals surface area contributed by atoms with Crippen LogP contribution < -0.4 is 0 Å². The van der Waals surface area contributed by atoms with E-state index in [9.17, 15) is 0 Å². The number of nitrogens with zero attached hydrogens (tertiary/aromatic N) is 1. The van der Waals surface area contributed by atoms with Crippen molar-refractivity contribution >= 4 is 23.2 Å². The predicted octanol–water partition coefficient (Wildman–Crippen LogP) is 3.20. The van der Waals surface area contributed by atoms with Crippen LogP contribution in [0, 0.1) is 5.92 Å². The summed E-state index contributed by atoms with van der Waals surface area (Å²) in [4.78, 5) is 2.36. The number of hydrogen-bond donors (Lipinski definition) is 1.